The largest absolute Gasteiger partial charge is 0.311 e. The molecule has 3 rings (SSSR count). The summed E-state index contributed by atoms with van der Waals surface area (Å²) in [6, 6.07) is 8.92. The van der Waals surface area contributed by atoms with Crippen molar-refractivity contribution < 1.29 is 0 Å². The highest BCUT2D eigenvalue weighted by Crippen LogP contribution is 2.57. The lowest BCUT2D eigenvalue weighted by Crippen LogP contribution is -2.47. The molecule has 2 fully saturated rings. The number of rotatable bonds is 4. The quantitative estimate of drug-likeness (QED) is 0.788. The summed E-state index contributed by atoms with van der Waals surface area (Å²) in [5.74, 6) is 1.92. The molecule has 1 aromatic carbocycles. The van der Waals surface area contributed by atoms with Crippen molar-refractivity contribution in [2.75, 3.05) is 6.54 Å². The van der Waals surface area contributed by atoms with E-state index in [0.717, 1.165) is 11.8 Å². The molecule has 21 heavy (non-hydrogen) atoms. The van der Waals surface area contributed by atoms with Gasteiger partial charge in [0.05, 0.1) is 0 Å². The van der Waals surface area contributed by atoms with E-state index in [4.69, 9.17) is 0 Å². The first-order valence-corrected chi connectivity index (χ1v) is 9.15. The molecule has 0 amide bonds. The summed E-state index contributed by atoms with van der Waals surface area (Å²) in [6.45, 7) is 8.03. The van der Waals surface area contributed by atoms with E-state index >= 15 is 0 Å². The average molecular weight is 350 g/mol. The van der Waals surface area contributed by atoms with Crippen molar-refractivity contribution in [2.45, 2.75) is 58.4 Å². The van der Waals surface area contributed by atoms with Gasteiger partial charge in [-0.3, -0.25) is 0 Å². The minimum Gasteiger partial charge on any atom is -0.311 e. The maximum Gasteiger partial charge on any atom is 0.0177 e. The third-order valence-corrected chi connectivity index (χ3v) is 6.01. The van der Waals surface area contributed by atoms with Crippen LogP contribution in [0.15, 0.2) is 28.7 Å². The molecule has 2 aliphatic carbocycles. The highest BCUT2D eigenvalue weighted by molar-refractivity contribution is 9.10. The molecule has 0 spiro atoms. The molecule has 2 saturated carbocycles. The Balaban J connectivity index is 1.80. The van der Waals surface area contributed by atoms with E-state index in [2.05, 4.69) is 66.3 Å². The van der Waals surface area contributed by atoms with Crippen LogP contribution in [0.25, 0.3) is 0 Å². The zero-order chi connectivity index (χ0) is 15.1. The summed E-state index contributed by atoms with van der Waals surface area (Å²) in [7, 11) is 0. The molecule has 1 nitrogen and oxygen atoms in total. The maximum atomic E-state index is 3.81. The standard InChI is InChI=1S/C19H28BrN/c1-18(2,3)21-13-19(12-15-7-8-16(19)9-15)11-14-5-4-6-17(20)10-14/h4-6,10,15-16,21H,7-9,11-13H2,1-3H3. The van der Waals surface area contributed by atoms with Gasteiger partial charge >= 0.3 is 0 Å². The SMILES string of the molecule is CC(C)(C)NCC1(Cc2cccc(Br)c2)CC2CCC1C2. The van der Waals surface area contributed by atoms with Crippen molar-refractivity contribution in [1.82, 2.24) is 5.32 Å². The van der Waals surface area contributed by atoms with Crippen LogP contribution in [0.2, 0.25) is 0 Å². The highest BCUT2D eigenvalue weighted by Gasteiger charge is 2.50. The molecule has 1 N–H and O–H groups in total. The molecule has 2 aliphatic rings. The van der Waals surface area contributed by atoms with E-state index in [1.165, 1.54) is 48.7 Å². The van der Waals surface area contributed by atoms with Gasteiger partial charge in [0.2, 0.25) is 0 Å². The van der Waals surface area contributed by atoms with Crippen LogP contribution < -0.4 is 5.32 Å². The minimum atomic E-state index is 0.214. The Bertz CT molecular complexity index is 505. The van der Waals surface area contributed by atoms with E-state index in [0.29, 0.717) is 5.41 Å². The van der Waals surface area contributed by atoms with Crippen LogP contribution in [-0.4, -0.2) is 12.1 Å². The summed E-state index contributed by atoms with van der Waals surface area (Å²) in [5, 5.41) is 3.81. The van der Waals surface area contributed by atoms with Gasteiger partial charge in [0, 0.05) is 16.6 Å². The van der Waals surface area contributed by atoms with Crippen LogP contribution in [0.3, 0.4) is 0 Å². The van der Waals surface area contributed by atoms with Crippen molar-refractivity contribution in [1.29, 1.82) is 0 Å². The number of halogens is 1. The zero-order valence-corrected chi connectivity index (χ0v) is 15.2. The Morgan fingerprint density at radius 3 is 2.67 bits per heavy atom. The molecule has 0 saturated heterocycles. The molecule has 3 unspecified atom stereocenters. The maximum absolute atomic E-state index is 3.81. The molecule has 1 aromatic rings. The average Bonchev–Trinajstić information content (AvgIpc) is 2.96. The van der Waals surface area contributed by atoms with Gasteiger partial charge in [-0.1, -0.05) is 34.5 Å². The fraction of sp³-hybridized carbons (Fsp3) is 0.684. The lowest BCUT2D eigenvalue weighted by molar-refractivity contribution is 0.143. The summed E-state index contributed by atoms with van der Waals surface area (Å²) in [5.41, 5.74) is 2.19. The van der Waals surface area contributed by atoms with Crippen LogP contribution in [-0.2, 0) is 6.42 Å². The van der Waals surface area contributed by atoms with E-state index < -0.39 is 0 Å². The van der Waals surface area contributed by atoms with Gasteiger partial charge in [0.1, 0.15) is 0 Å². The van der Waals surface area contributed by atoms with Crippen molar-refractivity contribution in [3.63, 3.8) is 0 Å². The van der Waals surface area contributed by atoms with Crippen LogP contribution >= 0.6 is 15.9 Å². The fourth-order valence-electron chi connectivity index (χ4n) is 4.55. The normalized spacial score (nSPS) is 31.8. The van der Waals surface area contributed by atoms with Gasteiger partial charge in [-0.05, 0) is 81.4 Å². The third-order valence-electron chi connectivity index (χ3n) is 5.52. The summed E-state index contributed by atoms with van der Waals surface area (Å²) < 4.78 is 1.21. The first-order valence-electron chi connectivity index (χ1n) is 8.36. The van der Waals surface area contributed by atoms with Crippen LogP contribution in [0.4, 0.5) is 0 Å². The number of benzene rings is 1. The second-order valence-electron chi connectivity index (χ2n) is 8.35. The minimum absolute atomic E-state index is 0.214. The molecule has 116 valence electrons. The Labute approximate surface area is 138 Å². The Hall–Kier alpha value is -0.340. The van der Waals surface area contributed by atoms with Crippen LogP contribution in [0.1, 0.15) is 52.0 Å². The molecule has 0 heterocycles. The Morgan fingerprint density at radius 2 is 2.10 bits per heavy atom. The number of nitrogens with one attached hydrogen (secondary N) is 1. The first kappa shape index (κ1) is 15.6. The van der Waals surface area contributed by atoms with Crippen LogP contribution in [0, 0.1) is 17.3 Å². The molecular weight excluding hydrogens is 322 g/mol. The van der Waals surface area contributed by atoms with E-state index in [-0.39, 0.29) is 5.54 Å². The van der Waals surface area contributed by atoms with Crippen molar-refractivity contribution in [3.8, 4) is 0 Å². The van der Waals surface area contributed by atoms with E-state index in [9.17, 15) is 0 Å². The summed E-state index contributed by atoms with van der Waals surface area (Å²) in [4.78, 5) is 0. The van der Waals surface area contributed by atoms with Gasteiger partial charge in [-0.25, -0.2) is 0 Å². The first-order chi connectivity index (χ1) is 9.86. The molecule has 2 heteroatoms. The molecule has 0 radical (unpaired) electrons. The van der Waals surface area contributed by atoms with Gasteiger partial charge in [0.25, 0.3) is 0 Å². The van der Waals surface area contributed by atoms with Gasteiger partial charge in [0.15, 0.2) is 0 Å². The molecule has 2 bridgehead atoms. The van der Waals surface area contributed by atoms with E-state index in [1.54, 1.807) is 0 Å². The fourth-order valence-corrected chi connectivity index (χ4v) is 4.99. The number of fused-ring (bicyclic) bond motifs is 2. The number of hydrogen-bond donors (Lipinski definition) is 1. The predicted molar refractivity (Wildman–Crippen MR) is 93.5 cm³/mol. The van der Waals surface area contributed by atoms with Crippen LogP contribution in [0.5, 0.6) is 0 Å². The third kappa shape index (κ3) is 3.53. The van der Waals surface area contributed by atoms with Gasteiger partial charge in [-0.2, -0.15) is 0 Å². The Kier molecular flexibility index (Phi) is 4.22. The van der Waals surface area contributed by atoms with Crippen molar-refractivity contribution >= 4 is 15.9 Å². The smallest absolute Gasteiger partial charge is 0.0177 e. The molecule has 0 aliphatic heterocycles. The Morgan fingerprint density at radius 1 is 1.29 bits per heavy atom. The lowest BCUT2D eigenvalue weighted by atomic mass is 9.69. The van der Waals surface area contributed by atoms with Gasteiger partial charge < -0.3 is 5.32 Å². The monoisotopic (exact) mass is 349 g/mol. The number of hydrogen-bond acceptors (Lipinski definition) is 1. The summed E-state index contributed by atoms with van der Waals surface area (Å²) >= 11 is 3.63. The van der Waals surface area contributed by atoms with E-state index in [1.807, 2.05) is 0 Å². The van der Waals surface area contributed by atoms with Crippen molar-refractivity contribution in [2.24, 2.45) is 17.3 Å². The predicted octanol–water partition coefficient (Wildman–Crippen LogP) is 5.19. The zero-order valence-electron chi connectivity index (χ0n) is 13.6. The second-order valence-corrected chi connectivity index (χ2v) is 9.27. The molecule has 3 atom stereocenters. The lowest BCUT2D eigenvalue weighted by Gasteiger charge is -2.40. The summed E-state index contributed by atoms with van der Waals surface area (Å²) in [6.07, 6.45) is 7.05. The highest BCUT2D eigenvalue weighted by atomic mass is 79.9. The molecule has 0 aromatic heterocycles. The van der Waals surface area contributed by atoms with Gasteiger partial charge in [-0.15, -0.1) is 0 Å². The topological polar surface area (TPSA) is 12.0 Å². The van der Waals surface area contributed by atoms with Crippen molar-refractivity contribution in [3.05, 3.63) is 34.3 Å². The second kappa shape index (κ2) is 5.70. The molecular formula is C19H28BrN.